The lowest BCUT2D eigenvalue weighted by atomic mass is 10.0. The minimum absolute atomic E-state index is 0.0489. The van der Waals surface area contributed by atoms with Gasteiger partial charge in [0.1, 0.15) is 11.6 Å². The molecule has 0 spiro atoms. The predicted molar refractivity (Wildman–Crippen MR) is 188 cm³/mol. The highest BCUT2D eigenvalue weighted by molar-refractivity contribution is 5.85. The van der Waals surface area contributed by atoms with Gasteiger partial charge in [-0.05, 0) is 54.9 Å². The van der Waals surface area contributed by atoms with Gasteiger partial charge in [0, 0.05) is 18.7 Å². The van der Waals surface area contributed by atoms with Crippen molar-refractivity contribution in [3.63, 3.8) is 0 Å². The number of nitrogens with zero attached hydrogens (tertiary/aromatic N) is 4. The first-order valence-corrected chi connectivity index (χ1v) is 17.0. The minimum Gasteiger partial charge on any atom is -0.431 e. The van der Waals surface area contributed by atoms with E-state index in [2.05, 4.69) is 56.3 Å². The third kappa shape index (κ3) is 6.61. The Balaban J connectivity index is 1.02. The van der Waals surface area contributed by atoms with Crippen LogP contribution in [0.2, 0.25) is 0 Å². The number of hydrogen-bond acceptors (Lipinski definition) is 7. The van der Waals surface area contributed by atoms with Crippen molar-refractivity contribution in [2.45, 2.75) is 56.8 Å². The van der Waals surface area contributed by atoms with Crippen molar-refractivity contribution >= 4 is 17.9 Å². The standard InChI is InChI=1S/C38H40N8O4/c1-23(39)36(47)45-19-5-9-31(45)34-41-21-29(43-34)26-15-11-24(12-16-26)25-13-17-27(18-14-25)30-22-42-35(44-30)32-10-6-20-46(32)37(48)33(50-38(40)49)28-7-3-2-4-8-28/h2-4,7-8,11-18,21-23,31-33H,5-6,9-10,19-20,39H2,1H3,(H2,40,49)(H,41,43)(H,42,44)/t23-,31-,32-,33+/m0/s1. The fourth-order valence-electron chi connectivity index (χ4n) is 7.04. The van der Waals surface area contributed by atoms with Gasteiger partial charge in [-0.3, -0.25) is 9.59 Å². The number of likely N-dealkylation sites (tertiary alicyclic amines) is 2. The molecule has 256 valence electrons. The van der Waals surface area contributed by atoms with Gasteiger partial charge >= 0.3 is 6.09 Å². The number of carbonyl (C=O) groups is 3. The van der Waals surface area contributed by atoms with E-state index in [1.165, 1.54) is 0 Å². The number of nitrogens with two attached hydrogens (primary N) is 2. The fraction of sp³-hybridized carbons (Fsp3) is 0.289. The normalized spacial score (nSPS) is 18.6. The Morgan fingerprint density at radius 1 is 0.720 bits per heavy atom. The first-order chi connectivity index (χ1) is 24.3. The molecule has 6 N–H and O–H groups in total. The number of imidazole rings is 2. The summed E-state index contributed by atoms with van der Waals surface area (Å²) in [7, 11) is 0. The Morgan fingerprint density at radius 2 is 1.18 bits per heavy atom. The zero-order chi connectivity index (χ0) is 34.8. The van der Waals surface area contributed by atoms with Crippen LogP contribution in [-0.2, 0) is 14.3 Å². The maximum absolute atomic E-state index is 13.7. The highest BCUT2D eigenvalue weighted by Gasteiger charge is 2.38. The molecule has 2 aliphatic rings. The molecule has 12 nitrogen and oxygen atoms in total. The molecule has 0 aliphatic carbocycles. The van der Waals surface area contributed by atoms with Crippen molar-refractivity contribution in [1.82, 2.24) is 29.7 Å². The van der Waals surface area contributed by atoms with E-state index in [4.69, 9.17) is 16.2 Å². The molecular formula is C38H40N8O4. The summed E-state index contributed by atoms with van der Waals surface area (Å²) in [6.45, 7) is 2.94. The van der Waals surface area contributed by atoms with Gasteiger partial charge in [0.15, 0.2) is 0 Å². The number of carbonyl (C=O) groups excluding carboxylic acids is 3. The molecule has 2 fully saturated rings. The minimum atomic E-state index is -1.12. The van der Waals surface area contributed by atoms with Gasteiger partial charge in [0.25, 0.3) is 5.91 Å². The Hall–Kier alpha value is -5.75. The molecule has 3 aromatic carbocycles. The van der Waals surface area contributed by atoms with E-state index in [0.717, 1.165) is 65.1 Å². The van der Waals surface area contributed by atoms with E-state index in [9.17, 15) is 14.4 Å². The van der Waals surface area contributed by atoms with Gasteiger partial charge in [-0.2, -0.15) is 0 Å². The van der Waals surface area contributed by atoms with E-state index in [-0.39, 0.29) is 23.9 Å². The molecule has 0 radical (unpaired) electrons. The van der Waals surface area contributed by atoms with Crippen LogP contribution in [-0.4, -0.2) is 66.8 Å². The molecule has 5 aromatic rings. The molecule has 0 unspecified atom stereocenters. The summed E-state index contributed by atoms with van der Waals surface area (Å²) in [4.78, 5) is 57.6. The van der Waals surface area contributed by atoms with E-state index < -0.39 is 18.2 Å². The molecule has 2 aromatic heterocycles. The Labute approximate surface area is 289 Å². The van der Waals surface area contributed by atoms with Crippen molar-refractivity contribution < 1.29 is 19.1 Å². The number of aromatic amines is 2. The topological polar surface area (TPSA) is 176 Å². The zero-order valence-electron chi connectivity index (χ0n) is 27.8. The Morgan fingerprint density at radius 3 is 1.64 bits per heavy atom. The Kier molecular flexibility index (Phi) is 9.18. The third-order valence-corrected chi connectivity index (χ3v) is 9.57. The van der Waals surface area contributed by atoms with Crippen molar-refractivity contribution in [2.75, 3.05) is 13.1 Å². The van der Waals surface area contributed by atoms with Gasteiger partial charge < -0.3 is 36.0 Å². The summed E-state index contributed by atoms with van der Waals surface area (Å²) in [5, 5.41) is 0. The molecular weight excluding hydrogens is 632 g/mol. The van der Waals surface area contributed by atoms with E-state index >= 15 is 0 Å². The second-order valence-corrected chi connectivity index (χ2v) is 12.9. The molecule has 7 rings (SSSR count). The van der Waals surface area contributed by atoms with Gasteiger partial charge in [-0.25, -0.2) is 14.8 Å². The van der Waals surface area contributed by atoms with E-state index in [1.54, 1.807) is 42.3 Å². The number of nitrogens with one attached hydrogen (secondary N) is 2. The third-order valence-electron chi connectivity index (χ3n) is 9.57. The number of hydrogen-bond donors (Lipinski definition) is 4. The van der Waals surface area contributed by atoms with Crippen LogP contribution in [0.15, 0.2) is 91.3 Å². The highest BCUT2D eigenvalue weighted by Crippen LogP contribution is 2.36. The summed E-state index contributed by atoms with van der Waals surface area (Å²) in [5.74, 6) is 1.09. The summed E-state index contributed by atoms with van der Waals surface area (Å²) in [5.41, 5.74) is 17.6. The van der Waals surface area contributed by atoms with Gasteiger partial charge in [0.05, 0.1) is 41.9 Å². The average Bonchev–Trinajstić information content (AvgIpc) is 3.97. The maximum Gasteiger partial charge on any atom is 0.405 e. The van der Waals surface area contributed by atoms with Crippen LogP contribution in [0.1, 0.15) is 68.0 Å². The van der Waals surface area contributed by atoms with Crippen LogP contribution in [0.4, 0.5) is 4.79 Å². The van der Waals surface area contributed by atoms with Crippen molar-refractivity contribution in [3.05, 3.63) is 108 Å². The first kappa shape index (κ1) is 32.8. The van der Waals surface area contributed by atoms with Crippen LogP contribution in [0.25, 0.3) is 33.6 Å². The zero-order valence-corrected chi connectivity index (χ0v) is 27.8. The van der Waals surface area contributed by atoms with Gasteiger partial charge in [-0.15, -0.1) is 0 Å². The molecule has 12 heteroatoms. The van der Waals surface area contributed by atoms with Crippen molar-refractivity contribution in [3.8, 4) is 33.6 Å². The SMILES string of the molecule is C[C@H](N)C(=O)N1CCC[C@H]1c1ncc(-c2ccc(-c3ccc(-c4cnc([C@@H]5CCCN5C(=O)[C@H](OC(N)=O)c5ccccc5)[nH]4)cc3)cc2)[nH]1. The summed E-state index contributed by atoms with van der Waals surface area (Å²) >= 11 is 0. The van der Waals surface area contributed by atoms with Crippen LogP contribution in [0.5, 0.6) is 0 Å². The summed E-state index contributed by atoms with van der Waals surface area (Å²) in [6, 6.07) is 24.5. The van der Waals surface area contributed by atoms with Crippen LogP contribution in [0, 0.1) is 0 Å². The van der Waals surface area contributed by atoms with Gasteiger partial charge in [0.2, 0.25) is 12.0 Å². The number of amides is 3. The number of benzene rings is 3. The van der Waals surface area contributed by atoms with Crippen molar-refractivity contribution in [1.29, 1.82) is 0 Å². The smallest absolute Gasteiger partial charge is 0.405 e. The Bertz CT molecular complexity index is 1970. The lowest BCUT2D eigenvalue weighted by Gasteiger charge is -2.27. The fourth-order valence-corrected chi connectivity index (χ4v) is 7.04. The lowest BCUT2D eigenvalue weighted by molar-refractivity contribution is -0.141. The molecule has 2 aliphatic heterocycles. The number of rotatable bonds is 9. The van der Waals surface area contributed by atoms with E-state index in [1.807, 2.05) is 29.3 Å². The number of H-pyrrole nitrogens is 2. The van der Waals surface area contributed by atoms with Crippen molar-refractivity contribution in [2.24, 2.45) is 11.5 Å². The second-order valence-electron chi connectivity index (χ2n) is 12.9. The molecule has 4 heterocycles. The quantitative estimate of drug-likeness (QED) is 0.157. The van der Waals surface area contributed by atoms with Gasteiger partial charge in [-0.1, -0.05) is 78.9 Å². The van der Waals surface area contributed by atoms with Crippen LogP contribution >= 0.6 is 0 Å². The molecule has 3 amide bonds. The number of aromatic nitrogens is 4. The highest BCUT2D eigenvalue weighted by atomic mass is 16.6. The molecule has 4 atom stereocenters. The van der Waals surface area contributed by atoms with Crippen LogP contribution < -0.4 is 11.5 Å². The summed E-state index contributed by atoms with van der Waals surface area (Å²) < 4.78 is 5.28. The monoisotopic (exact) mass is 672 g/mol. The molecule has 50 heavy (non-hydrogen) atoms. The largest absolute Gasteiger partial charge is 0.431 e. The van der Waals surface area contributed by atoms with Crippen LogP contribution in [0.3, 0.4) is 0 Å². The molecule has 2 saturated heterocycles. The maximum atomic E-state index is 13.7. The molecule has 0 saturated carbocycles. The number of primary amides is 1. The second kappa shape index (κ2) is 14.0. The first-order valence-electron chi connectivity index (χ1n) is 17.0. The lowest BCUT2D eigenvalue weighted by Crippen LogP contribution is -2.41. The van der Waals surface area contributed by atoms with E-state index in [0.29, 0.717) is 24.5 Å². The number of ether oxygens (including phenoxy) is 1. The summed E-state index contributed by atoms with van der Waals surface area (Å²) in [6.07, 6.45) is 4.81. The molecule has 0 bridgehead atoms. The average molecular weight is 673 g/mol. The predicted octanol–water partition coefficient (Wildman–Crippen LogP) is 5.64.